The van der Waals surface area contributed by atoms with Crippen molar-refractivity contribution >= 4 is 5.96 Å². The molecular weight excluding hydrogens is 288 g/mol. The summed E-state index contributed by atoms with van der Waals surface area (Å²) < 4.78 is 5.07. The summed E-state index contributed by atoms with van der Waals surface area (Å²) >= 11 is 0. The van der Waals surface area contributed by atoms with Crippen molar-refractivity contribution in [2.75, 3.05) is 33.9 Å². The Morgan fingerprint density at radius 2 is 1.91 bits per heavy atom. The van der Waals surface area contributed by atoms with Crippen LogP contribution in [0.5, 0.6) is 0 Å². The van der Waals surface area contributed by atoms with Crippen LogP contribution in [-0.2, 0) is 17.8 Å². The van der Waals surface area contributed by atoms with E-state index in [1.165, 1.54) is 11.1 Å². The molecule has 0 aliphatic heterocycles. The van der Waals surface area contributed by atoms with Crippen molar-refractivity contribution in [2.24, 2.45) is 4.99 Å². The Hall–Kier alpha value is -1.59. The van der Waals surface area contributed by atoms with Gasteiger partial charge in [-0.05, 0) is 38.9 Å². The van der Waals surface area contributed by atoms with Crippen LogP contribution in [0.1, 0.15) is 31.9 Å². The molecule has 0 bridgehead atoms. The first-order valence-electron chi connectivity index (χ1n) is 8.36. The van der Waals surface area contributed by atoms with Crippen molar-refractivity contribution in [2.45, 2.75) is 39.9 Å². The van der Waals surface area contributed by atoms with Crippen molar-refractivity contribution < 1.29 is 4.74 Å². The molecule has 1 aromatic carbocycles. The number of nitrogens with one attached hydrogen (secondary N) is 2. The summed E-state index contributed by atoms with van der Waals surface area (Å²) in [4.78, 5) is 7.03. The van der Waals surface area contributed by atoms with Crippen LogP contribution < -0.4 is 10.6 Å². The van der Waals surface area contributed by atoms with E-state index in [0.29, 0.717) is 19.2 Å². The third-order valence-corrected chi connectivity index (χ3v) is 3.77. The highest BCUT2D eigenvalue weighted by atomic mass is 16.5. The van der Waals surface area contributed by atoms with Gasteiger partial charge in [0.05, 0.1) is 13.2 Å². The largest absolute Gasteiger partial charge is 0.383 e. The van der Waals surface area contributed by atoms with Crippen molar-refractivity contribution in [1.29, 1.82) is 0 Å². The number of methoxy groups -OCH3 is 1. The van der Waals surface area contributed by atoms with Crippen LogP contribution in [0.15, 0.2) is 29.3 Å². The second kappa shape index (κ2) is 11.0. The second-order valence-corrected chi connectivity index (χ2v) is 5.89. The van der Waals surface area contributed by atoms with Gasteiger partial charge in [-0.2, -0.15) is 0 Å². The molecule has 23 heavy (non-hydrogen) atoms. The fourth-order valence-electron chi connectivity index (χ4n) is 2.09. The van der Waals surface area contributed by atoms with Crippen LogP contribution in [0, 0.1) is 0 Å². The maximum atomic E-state index is 5.07. The monoisotopic (exact) mass is 320 g/mol. The Morgan fingerprint density at radius 1 is 1.22 bits per heavy atom. The van der Waals surface area contributed by atoms with E-state index in [-0.39, 0.29) is 0 Å². The van der Waals surface area contributed by atoms with Gasteiger partial charge in [-0.25, -0.2) is 4.99 Å². The van der Waals surface area contributed by atoms with Crippen molar-refractivity contribution in [3.63, 3.8) is 0 Å². The average molecular weight is 320 g/mol. The van der Waals surface area contributed by atoms with Gasteiger partial charge in [0.25, 0.3) is 0 Å². The molecular formula is C18H32N4O. The molecule has 0 aliphatic rings. The average Bonchev–Trinajstić information content (AvgIpc) is 2.53. The molecule has 0 atom stereocenters. The summed E-state index contributed by atoms with van der Waals surface area (Å²) in [5, 5.41) is 6.54. The third kappa shape index (κ3) is 7.48. The molecule has 0 spiro atoms. The molecule has 130 valence electrons. The maximum Gasteiger partial charge on any atom is 0.191 e. The Bertz CT molecular complexity index is 474. The molecule has 1 aromatic rings. The van der Waals surface area contributed by atoms with Gasteiger partial charge < -0.3 is 15.4 Å². The maximum absolute atomic E-state index is 5.07. The topological polar surface area (TPSA) is 48.9 Å². The summed E-state index contributed by atoms with van der Waals surface area (Å²) in [7, 11) is 3.86. The molecule has 0 unspecified atom stereocenters. The minimum atomic E-state index is 0.527. The number of guanidine groups is 1. The lowest BCUT2D eigenvalue weighted by Gasteiger charge is -2.22. The zero-order valence-electron chi connectivity index (χ0n) is 15.2. The third-order valence-electron chi connectivity index (χ3n) is 3.77. The van der Waals surface area contributed by atoms with Crippen LogP contribution in [0.25, 0.3) is 0 Å². The highest BCUT2D eigenvalue weighted by Crippen LogP contribution is 2.13. The molecule has 0 saturated heterocycles. The van der Waals surface area contributed by atoms with Gasteiger partial charge in [0.2, 0.25) is 0 Å². The van der Waals surface area contributed by atoms with Gasteiger partial charge in [0.1, 0.15) is 0 Å². The van der Waals surface area contributed by atoms with E-state index in [2.05, 4.69) is 72.6 Å². The SMILES string of the molecule is CCNC(=NCc1ccccc1CN(C)C(C)C)NCCOC. The number of aliphatic imine (C=N–C) groups is 1. The van der Waals surface area contributed by atoms with Gasteiger partial charge in [0.15, 0.2) is 5.96 Å². The quantitative estimate of drug-likeness (QED) is 0.416. The Morgan fingerprint density at radius 3 is 2.52 bits per heavy atom. The molecule has 0 fully saturated rings. The lowest BCUT2D eigenvalue weighted by atomic mass is 10.1. The molecule has 1 rings (SSSR count). The van der Waals surface area contributed by atoms with Crippen molar-refractivity contribution in [3.8, 4) is 0 Å². The van der Waals surface area contributed by atoms with E-state index >= 15 is 0 Å². The number of rotatable bonds is 9. The first-order valence-corrected chi connectivity index (χ1v) is 8.36. The van der Waals surface area contributed by atoms with E-state index in [4.69, 9.17) is 4.74 Å². The van der Waals surface area contributed by atoms with E-state index in [0.717, 1.165) is 25.6 Å². The van der Waals surface area contributed by atoms with E-state index in [1.807, 2.05) is 0 Å². The summed E-state index contributed by atoms with van der Waals surface area (Å²) in [6, 6.07) is 9.05. The molecule has 5 nitrogen and oxygen atoms in total. The molecule has 0 saturated carbocycles. The number of nitrogens with zero attached hydrogens (tertiary/aromatic N) is 2. The van der Waals surface area contributed by atoms with Crippen LogP contribution in [-0.4, -0.2) is 50.8 Å². The smallest absolute Gasteiger partial charge is 0.191 e. The van der Waals surface area contributed by atoms with Gasteiger partial charge in [-0.1, -0.05) is 24.3 Å². The summed E-state index contributed by atoms with van der Waals surface area (Å²) in [6.45, 7) is 10.4. The normalized spacial score (nSPS) is 12.0. The second-order valence-electron chi connectivity index (χ2n) is 5.89. The Kier molecular flexibility index (Phi) is 9.33. The highest BCUT2D eigenvalue weighted by Gasteiger charge is 2.08. The summed E-state index contributed by atoms with van der Waals surface area (Å²) in [5.41, 5.74) is 2.60. The zero-order chi connectivity index (χ0) is 17.1. The molecule has 0 aromatic heterocycles. The molecule has 0 heterocycles. The van der Waals surface area contributed by atoms with Crippen molar-refractivity contribution in [3.05, 3.63) is 35.4 Å². The number of hydrogen-bond acceptors (Lipinski definition) is 3. The van der Waals surface area contributed by atoms with Crippen LogP contribution in [0.3, 0.4) is 0 Å². The molecule has 0 amide bonds. The fraction of sp³-hybridized carbons (Fsp3) is 0.611. The van der Waals surface area contributed by atoms with Gasteiger partial charge in [-0.15, -0.1) is 0 Å². The predicted octanol–water partition coefficient (Wildman–Crippen LogP) is 2.23. The summed E-state index contributed by atoms with van der Waals surface area (Å²) in [6.07, 6.45) is 0. The lowest BCUT2D eigenvalue weighted by molar-refractivity contribution is 0.203. The van der Waals surface area contributed by atoms with E-state index < -0.39 is 0 Å². The highest BCUT2D eigenvalue weighted by molar-refractivity contribution is 5.79. The van der Waals surface area contributed by atoms with Crippen LogP contribution in [0.4, 0.5) is 0 Å². The standard InChI is InChI=1S/C18H32N4O/c1-6-19-18(20-11-12-23-5)21-13-16-9-7-8-10-17(16)14-22(4)15(2)3/h7-10,15H,6,11-14H2,1-5H3,(H2,19,20,21). The Labute approximate surface area is 141 Å². The van der Waals surface area contributed by atoms with Gasteiger partial charge >= 0.3 is 0 Å². The fourth-order valence-corrected chi connectivity index (χ4v) is 2.09. The number of hydrogen-bond donors (Lipinski definition) is 2. The van der Waals surface area contributed by atoms with Crippen LogP contribution in [0.2, 0.25) is 0 Å². The first kappa shape index (κ1) is 19.5. The molecule has 0 aliphatic carbocycles. The van der Waals surface area contributed by atoms with Crippen molar-refractivity contribution in [1.82, 2.24) is 15.5 Å². The lowest BCUT2D eigenvalue weighted by Crippen LogP contribution is -2.38. The molecule has 5 heteroatoms. The minimum Gasteiger partial charge on any atom is -0.383 e. The Balaban J connectivity index is 2.75. The van der Waals surface area contributed by atoms with E-state index in [1.54, 1.807) is 7.11 Å². The minimum absolute atomic E-state index is 0.527. The number of ether oxygens (including phenoxy) is 1. The number of benzene rings is 1. The van der Waals surface area contributed by atoms with E-state index in [9.17, 15) is 0 Å². The van der Waals surface area contributed by atoms with Crippen LogP contribution >= 0.6 is 0 Å². The zero-order valence-corrected chi connectivity index (χ0v) is 15.2. The van der Waals surface area contributed by atoms with Gasteiger partial charge in [-0.3, -0.25) is 4.90 Å². The summed E-state index contributed by atoms with van der Waals surface area (Å²) in [5.74, 6) is 0.830. The predicted molar refractivity (Wildman–Crippen MR) is 97.7 cm³/mol. The molecule has 0 radical (unpaired) electrons. The van der Waals surface area contributed by atoms with Gasteiger partial charge in [0, 0.05) is 32.8 Å². The first-order chi connectivity index (χ1) is 11.1. The molecule has 2 N–H and O–H groups in total.